The molecule has 2 heterocycles. The molecule has 0 bridgehead atoms. The Balaban J connectivity index is 2.14. The fourth-order valence-corrected chi connectivity index (χ4v) is 2.04. The van der Waals surface area contributed by atoms with Crippen molar-refractivity contribution in [3.8, 4) is 0 Å². The van der Waals surface area contributed by atoms with Gasteiger partial charge >= 0.3 is 6.55 Å². The van der Waals surface area contributed by atoms with E-state index in [2.05, 4.69) is 10.1 Å². The molecule has 0 saturated carbocycles. The van der Waals surface area contributed by atoms with Crippen molar-refractivity contribution in [2.75, 3.05) is 6.54 Å². The number of alkyl halides is 2. The van der Waals surface area contributed by atoms with Crippen LogP contribution in [0.4, 0.5) is 8.78 Å². The van der Waals surface area contributed by atoms with Crippen LogP contribution in [-0.4, -0.2) is 32.1 Å². The van der Waals surface area contributed by atoms with Gasteiger partial charge < -0.3 is 4.90 Å². The van der Waals surface area contributed by atoms with E-state index < -0.39 is 6.55 Å². The lowest BCUT2D eigenvalue weighted by atomic mass is 10.2. The summed E-state index contributed by atoms with van der Waals surface area (Å²) in [5.74, 6) is -0.350. The first kappa shape index (κ1) is 16.1. The molecule has 0 saturated heterocycles. The molecule has 0 aliphatic carbocycles. The van der Waals surface area contributed by atoms with E-state index in [0.29, 0.717) is 17.8 Å². The largest absolute Gasteiger partial charge is 0.333 e. The SMILES string of the molecule is CCCCN(Cc1cccnc1)C(=O)c1ccn(C(F)F)n1. The van der Waals surface area contributed by atoms with E-state index >= 15 is 0 Å². The van der Waals surface area contributed by atoms with Crippen LogP contribution in [0.2, 0.25) is 0 Å². The Hall–Kier alpha value is -2.31. The predicted molar refractivity (Wildman–Crippen MR) is 77.4 cm³/mol. The second-order valence-electron chi connectivity index (χ2n) is 4.90. The molecule has 0 unspecified atom stereocenters. The molecule has 22 heavy (non-hydrogen) atoms. The van der Waals surface area contributed by atoms with Crippen LogP contribution in [0.1, 0.15) is 42.4 Å². The van der Waals surface area contributed by atoms with Gasteiger partial charge in [0.15, 0.2) is 5.69 Å². The van der Waals surface area contributed by atoms with Gasteiger partial charge in [-0.3, -0.25) is 9.78 Å². The third-order valence-electron chi connectivity index (χ3n) is 3.19. The van der Waals surface area contributed by atoms with Crippen molar-refractivity contribution < 1.29 is 13.6 Å². The number of carbonyl (C=O) groups excluding carboxylic acids is 1. The van der Waals surface area contributed by atoms with Gasteiger partial charge in [0.1, 0.15) is 0 Å². The third kappa shape index (κ3) is 4.09. The summed E-state index contributed by atoms with van der Waals surface area (Å²) in [7, 11) is 0. The lowest BCUT2D eigenvalue weighted by Gasteiger charge is -2.21. The third-order valence-corrected chi connectivity index (χ3v) is 3.19. The Labute approximate surface area is 127 Å². The predicted octanol–water partition coefficient (Wildman–Crippen LogP) is 3.12. The molecule has 0 N–H and O–H groups in total. The summed E-state index contributed by atoms with van der Waals surface area (Å²) in [6, 6.07) is 4.98. The Morgan fingerprint density at radius 2 is 2.23 bits per heavy atom. The summed E-state index contributed by atoms with van der Waals surface area (Å²) >= 11 is 0. The highest BCUT2D eigenvalue weighted by atomic mass is 19.3. The summed E-state index contributed by atoms with van der Waals surface area (Å²) in [4.78, 5) is 18.1. The fourth-order valence-electron chi connectivity index (χ4n) is 2.04. The smallest absolute Gasteiger partial charge is 0.333 e. The van der Waals surface area contributed by atoms with Gasteiger partial charge in [-0.2, -0.15) is 13.9 Å². The molecule has 0 spiro atoms. The normalized spacial score (nSPS) is 10.9. The maximum absolute atomic E-state index is 12.6. The molecule has 0 atom stereocenters. The number of nitrogens with zero attached hydrogens (tertiary/aromatic N) is 4. The number of pyridine rings is 1. The Morgan fingerprint density at radius 1 is 1.41 bits per heavy atom. The summed E-state index contributed by atoms with van der Waals surface area (Å²) in [5, 5.41) is 3.64. The molecule has 118 valence electrons. The molecular weight excluding hydrogens is 290 g/mol. The average molecular weight is 308 g/mol. The van der Waals surface area contributed by atoms with Gasteiger partial charge in [-0.1, -0.05) is 19.4 Å². The molecule has 7 heteroatoms. The zero-order valence-electron chi connectivity index (χ0n) is 12.3. The second kappa shape index (κ2) is 7.63. The van der Waals surface area contributed by atoms with Crippen molar-refractivity contribution in [3.05, 3.63) is 48.0 Å². The minimum absolute atomic E-state index is 0.0280. The number of rotatable bonds is 7. The summed E-state index contributed by atoms with van der Waals surface area (Å²) in [6.45, 7) is 0.210. The summed E-state index contributed by atoms with van der Waals surface area (Å²) < 4.78 is 25.6. The first-order chi connectivity index (χ1) is 10.6. The monoisotopic (exact) mass is 308 g/mol. The van der Waals surface area contributed by atoms with Crippen molar-refractivity contribution in [2.45, 2.75) is 32.9 Å². The Bertz CT molecular complexity index is 601. The highest BCUT2D eigenvalue weighted by molar-refractivity contribution is 5.92. The highest BCUT2D eigenvalue weighted by Crippen LogP contribution is 2.13. The number of carbonyl (C=O) groups is 1. The van der Waals surface area contributed by atoms with Gasteiger partial charge in [0, 0.05) is 31.7 Å². The van der Waals surface area contributed by atoms with Crippen LogP contribution < -0.4 is 0 Å². The molecule has 2 aromatic rings. The van der Waals surface area contributed by atoms with Gasteiger partial charge in [0.25, 0.3) is 5.91 Å². The molecule has 0 fully saturated rings. The van der Waals surface area contributed by atoms with Crippen LogP contribution >= 0.6 is 0 Å². The van der Waals surface area contributed by atoms with Crippen molar-refractivity contribution in [1.29, 1.82) is 0 Å². The van der Waals surface area contributed by atoms with Gasteiger partial charge in [0.05, 0.1) is 0 Å². The fraction of sp³-hybridized carbons (Fsp3) is 0.400. The maximum Gasteiger partial charge on any atom is 0.333 e. The number of aromatic nitrogens is 3. The van der Waals surface area contributed by atoms with E-state index in [0.717, 1.165) is 24.6 Å². The van der Waals surface area contributed by atoms with E-state index in [9.17, 15) is 13.6 Å². The van der Waals surface area contributed by atoms with Gasteiger partial charge in [-0.05, 0) is 24.1 Å². The van der Waals surface area contributed by atoms with Crippen LogP contribution in [-0.2, 0) is 6.54 Å². The van der Waals surface area contributed by atoms with Crippen LogP contribution in [0.15, 0.2) is 36.8 Å². The highest BCUT2D eigenvalue weighted by Gasteiger charge is 2.19. The van der Waals surface area contributed by atoms with Crippen LogP contribution in [0.5, 0.6) is 0 Å². The molecule has 1 amide bonds. The quantitative estimate of drug-likeness (QED) is 0.789. The number of halogens is 2. The minimum atomic E-state index is -2.75. The number of amides is 1. The Morgan fingerprint density at radius 3 is 2.82 bits per heavy atom. The second-order valence-corrected chi connectivity index (χ2v) is 4.90. The molecule has 2 rings (SSSR count). The first-order valence-corrected chi connectivity index (χ1v) is 7.13. The first-order valence-electron chi connectivity index (χ1n) is 7.13. The van der Waals surface area contributed by atoms with Crippen LogP contribution in [0.25, 0.3) is 0 Å². The van der Waals surface area contributed by atoms with Crippen molar-refractivity contribution in [1.82, 2.24) is 19.7 Å². The standard InChI is InChI=1S/C15H18F2N4O/c1-2-3-8-20(11-12-5-4-7-18-10-12)14(22)13-6-9-21(19-13)15(16)17/h4-7,9-10,15H,2-3,8,11H2,1H3. The minimum Gasteiger partial charge on any atom is -0.333 e. The van der Waals surface area contributed by atoms with Crippen molar-refractivity contribution in [2.24, 2.45) is 0 Å². The van der Waals surface area contributed by atoms with Crippen LogP contribution in [0.3, 0.4) is 0 Å². The zero-order chi connectivity index (χ0) is 15.9. The van der Waals surface area contributed by atoms with E-state index in [1.54, 1.807) is 23.4 Å². The number of hydrogen-bond acceptors (Lipinski definition) is 3. The molecular formula is C15H18F2N4O. The lowest BCUT2D eigenvalue weighted by Crippen LogP contribution is -2.32. The van der Waals surface area contributed by atoms with Gasteiger partial charge in [-0.25, -0.2) is 4.68 Å². The topological polar surface area (TPSA) is 51.0 Å². The molecule has 2 aromatic heterocycles. The number of unbranched alkanes of at least 4 members (excludes halogenated alkanes) is 1. The molecule has 0 radical (unpaired) electrons. The summed E-state index contributed by atoms with van der Waals surface area (Å²) in [5.41, 5.74) is 0.917. The van der Waals surface area contributed by atoms with E-state index in [1.165, 1.54) is 6.07 Å². The van der Waals surface area contributed by atoms with Crippen molar-refractivity contribution in [3.63, 3.8) is 0 Å². The summed E-state index contributed by atoms with van der Waals surface area (Å²) in [6.07, 6.45) is 6.22. The molecule has 0 aliphatic heterocycles. The molecule has 0 aromatic carbocycles. The van der Waals surface area contributed by atoms with Crippen molar-refractivity contribution >= 4 is 5.91 Å². The maximum atomic E-state index is 12.6. The lowest BCUT2D eigenvalue weighted by molar-refractivity contribution is 0.0550. The number of hydrogen-bond donors (Lipinski definition) is 0. The zero-order valence-corrected chi connectivity index (χ0v) is 12.3. The van der Waals surface area contributed by atoms with E-state index in [1.807, 2.05) is 13.0 Å². The van der Waals surface area contributed by atoms with Gasteiger partial charge in [0.2, 0.25) is 0 Å². The van der Waals surface area contributed by atoms with E-state index in [-0.39, 0.29) is 11.6 Å². The molecule has 0 aliphatic rings. The Kier molecular flexibility index (Phi) is 5.57. The van der Waals surface area contributed by atoms with E-state index in [4.69, 9.17) is 0 Å². The average Bonchev–Trinajstić information content (AvgIpc) is 3.02. The molecule has 5 nitrogen and oxygen atoms in total. The van der Waals surface area contributed by atoms with Crippen LogP contribution in [0, 0.1) is 0 Å². The van der Waals surface area contributed by atoms with Gasteiger partial charge in [-0.15, -0.1) is 0 Å².